The van der Waals surface area contributed by atoms with Gasteiger partial charge in [-0.05, 0) is 47.0 Å². The van der Waals surface area contributed by atoms with Crippen molar-refractivity contribution < 1.29 is 9.90 Å². The summed E-state index contributed by atoms with van der Waals surface area (Å²) in [6, 6.07) is 5.01. The molecule has 0 spiro atoms. The zero-order valence-electron chi connectivity index (χ0n) is 11.0. The number of benzene rings is 1. The number of aromatic hydroxyl groups is 1. The molecule has 1 saturated carbocycles. The van der Waals surface area contributed by atoms with Crippen molar-refractivity contribution in [3.8, 4) is 5.75 Å². The van der Waals surface area contributed by atoms with Crippen LogP contribution in [0.2, 0.25) is 0 Å². The number of thiocarbonyl (C=S) groups is 1. The summed E-state index contributed by atoms with van der Waals surface area (Å²) < 4.78 is 0.566. The lowest BCUT2D eigenvalue weighted by molar-refractivity contribution is 0.0714. The molecule has 0 atom stereocenters. The zero-order valence-corrected chi connectivity index (χ0v) is 13.4. The molecule has 0 aliphatic heterocycles. The summed E-state index contributed by atoms with van der Waals surface area (Å²) in [6.45, 7) is 0.287. The van der Waals surface area contributed by atoms with Crippen molar-refractivity contribution in [3.05, 3.63) is 28.2 Å². The molecule has 6 heteroatoms. The van der Waals surface area contributed by atoms with Crippen molar-refractivity contribution in [2.45, 2.75) is 31.7 Å². The molecule has 0 aromatic heterocycles. The van der Waals surface area contributed by atoms with E-state index in [2.05, 4.69) is 15.9 Å². The predicted octanol–water partition coefficient (Wildman–Crippen LogP) is 2.83. The highest BCUT2D eigenvalue weighted by Crippen LogP contribution is 2.28. The van der Waals surface area contributed by atoms with Crippen molar-refractivity contribution >= 4 is 39.0 Å². The molecule has 108 valence electrons. The molecule has 1 amide bonds. The standard InChI is InChI=1S/C14H17BrN2O2S/c15-11-6-5-9(7-12(11)18)14(19)17(8-13(16)20)10-3-1-2-4-10/h5-7,10,18H,1-4,8H2,(H2,16,20). The van der Waals surface area contributed by atoms with Gasteiger partial charge in [0.25, 0.3) is 5.91 Å². The lowest BCUT2D eigenvalue weighted by atomic mass is 10.1. The fourth-order valence-electron chi connectivity index (χ4n) is 2.56. The van der Waals surface area contributed by atoms with Crippen molar-refractivity contribution in [1.29, 1.82) is 0 Å². The Morgan fingerprint density at radius 1 is 1.45 bits per heavy atom. The molecule has 0 heterocycles. The number of phenolic OH excluding ortho intramolecular Hbond substituents is 1. The fourth-order valence-corrected chi connectivity index (χ4v) is 2.95. The summed E-state index contributed by atoms with van der Waals surface area (Å²) >= 11 is 8.16. The quantitative estimate of drug-likeness (QED) is 0.814. The van der Waals surface area contributed by atoms with Crippen LogP contribution in [0.25, 0.3) is 0 Å². The third-order valence-corrected chi connectivity index (χ3v) is 4.35. The van der Waals surface area contributed by atoms with Gasteiger partial charge in [0.15, 0.2) is 0 Å². The summed E-state index contributed by atoms with van der Waals surface area (Å²) in [7, 11) is 0. The predicted molar refractivity (Wildman–Crippen MR) is 85.9 cm³/mol. The number of phenols is 1. The van der Waals surface area contributed by atoms with Gasteiger partial charge < -0.3 is 15.7 Å². The van der Waals surface area contributed by atoms with Crippen LogP contribution in [0.4, 0.5) is 0 Å². The van der Waals surface area contributed by atoms with Crippen LogP contribution in [0.5, 0.6) is 5.75 Å². The summed E-state index contributed by atoms with van der Waals surface area (Å²) in [5.74, 6) is -0.0787. The third kappa shape index (κ3) is 3.49. The van der Waals surface area contributed by atoms with Gasteiger partial charge in [-0.3, -0.25) is 4.79 Å². The van der Waals surface area contributed by atoms with Crippen LogP contribution in [0, 0.1) is 0 Å². The summed E-state index contributed by atoms with van der Waals surface area (Å²) in [6.07, 6.45) is 4.21. The minimum atomic E-state index is -0.132. The normalized spacial score (nSPS) is 15.2. The maximum absolute atomic E-state index is 12.6. The van der Waals surface area contributed by atoms with Crippen LogP contribution in [0.1, 0.15) is 36.0 Å². The van der Waals surface area contributed by atoms with E-state index in [1.54, 1.807) is 17.0 Å². The van der Waals surface area contributed by atoms with E-state index in [9.17, 15) is 9.90 Å². The molecule has 3 N–H and O–H groups in total. The maximum Gasteiger partial charge on any atom is 0.254 e. The SMILES string of the molecule is NC(=S)CN(C(=O)c1ccc(Br)c(O)c1)C1CCCC1. The molecule has 1 aromatic rings. The van der Waals surface area contributed by atoms with Gasteiger partial charge in [-0.1, -0.05) is 25.1 Å². The molecule has 20 heavy (non-hydrogen) atoms. The van der Waals surface area contributed by atoms with Crippen molar-refractivity contribution in [1.82, 2.24) is 4.90 Å². The second-order valence-electron chi connectivity index (χ2n) is 5.00. The smallest absolute Gasteiger partial charge is 0.254 e. The van der Waals surface area contributed by atoms with Gasteiger partial charge in [-0.25, -0.2) is 0 Å². The Balaban J connectivity index is 2.24. The van der Waals surface area contributed by atoms with E-state index in [1.807, 2.05) is 0 Å². The van der Waals surface area contributed by atoms with E-state index in [0.29, 0.717) is 15.0 Å². The first-order chi connectivity index (χ1) is 9.49. The monoisotopic (exact) mass is 356 g/mol. The van der Waals surface area contributed by atoms with E-state index in [4.69, 9.17) is 18.0 Å². The maximum atomic E-state index is 12.6. The highest BCUT2D eigenvalue weighted by molar-refractivity contribution is 9.10. The topological polar surface area (TPSA) is 66.6 Å². The molecule has 1 aliphatic carbocycles. The molecule has 4 nitrogen and oxygen atoms in total. The number of nitrogens with zero attached hydrogens (tertiary/aromatic N) is 1. The van der Waals surface area contributed by atoms with Crippen molar-refractivity contribution in [2.24, 2.45) is 5.73 Å². The molecular weight excluding hydrogens is 340 g/mol. The van der Waals surface area contributed by atoms with Crippen LogP contribution in [0.15, 0.2) is 22.7 Å². The Hall–Kier alpha value is -1.14. The number of halogens is 1. The molecule has 0 saturated heterocycles. The highest BCUT2D eigenvalue weighted by Gasteiger charge is 2.28. The molecule has 2 rings (SSSR count). The van der Waals surface area contributed by atoms with Gasteiger partial charge in [0.1, 0.15) is 5.75 Å². The second-order valence-corrected chi connectivity index (χ2v) is 6.38. The number of hydrogen-bond acceptors (Lipinski definition) is 3. The summed E-state index contributed by atoms with van der Waals surface area (Å²) in [5, 5.41) is 9.71. The van der Waals surface area contributed by atoms with Gasteiger partial charge in [0.2, 0.25) is 0 Å². The molecule has 0 bridgehead atoms. The minimum absolute atomic E-state index is 0.0533. The van der Waals surface area contributed by atoms with Crippen LogP contribution in [-0.4, -0.2) is 33.5 Å². The van der Waals surface area contributed by atoms with Crippen LogP contribution in [0.3, 0.4) is 0 Å². The Kier molecular flexibility index (Phi) is 4.99. The number of carbonyl (C=O) groups is 1. The van der Waals surface area contributed by atoms with E-state index < -0.39 is 0 Å². The number of hydrogen-bond donors (Lipinski definition) is 2. The van der Waals surface area contributed by atoms with E-state index in [-0.39, 0.29) is 24.2 Å². The summed E-state index contributed by atoms with van der Waals surface area (Å²) in [5.41, 5.74) is 6.06. The van der Waals surface area contributed by atoms with Crippen molar-refractivity contribution in [3.63, 3.8) is 0 Å². The van der Waals surface area contributed by atoms with Gasteiger partial charge >= 0.3 is 0 Å². The van der Waals surface area contributed by atoms with Gasteiger partial charge in [0.05, 0.1) is 16.0 Å². The Morgan fingerprint density at radius 3 is 2.65 bits per heavy atom. The lowest BCUT2D eigenvalue weighted by Gasteiger charge is -2.28. The van der Waals surface area contributed by atoms with Crippen LogP contribution < -0.4 is 5.73 Å². The first-order valence-corrected chi connectivity index (χ1v) is 7.77. The molecule has 1 aliphatic rings. The van der Waals surface area contributed by atoms with E-state index >= 15 is 0 Å². The largest absolute Gasteiger partial charge is 0.507 e. The first-order valence-electron chi connectivity index (χ1n) is 6.57. The average Bonchev–Trinajstić information content (AvgIpc) is 2.92. The number of carbonyl (C=O) groups excluding carboxylic acids is 1. The zero-order chi connectivity index (χ0) is 14.7. The Labute approximate surface area is 132 Å². The minimum Gasteiger partial charge on any atom is -0.507 e. The number of amides is 1. The van der Waals surface area contributed by atoms with Crippen LogP contribution >= 0.6 is 28.1 Å². The molecule has 1 fully saturated rings. The number of nitrogens with two attached hydrogens (primary N) is 1. The van der Waals surface area contributed by atoms with Crippen molar-refractivity contribution in [2.75, 3.05) is 6.54 Å². The summed E-state index contributed by atoms with van der Waals surface area (Å²) in [4.78, 5) is 14.7. The molecule has 0 radical (unpaired) electrons. The van der Waals surface area contributed by atoms with E-state index in [0.717, 1.165) is 25.7 Å². The lowest BCUT2D eigenvalue weighted by Crippen LogP contribution is -2.43. The molecule has 0 unspecified atom stereocenters. The highest BCUT2D eigenvalue weighted by atomic mass is 79.9. The van der Waals surface area contributed by atoms with Gasteiger partial charge in [-0.2, -0.15) is 0 Å². The Bertz CT molecular complexity index is 530. The van der Waals surface area contributed by atoms with Gasteiger partial charge in [-0.15, -0.1) is 0 Å². The molecule has 1 aromatic carbocycles. The fraction of sp³-hybridized carbons (Fsp3) is 0.429. The number of rotatable bonds is 4. The van der Waals surface area contributed by atoms with E-state index in [1.165, 1.54) is 6.07 Å². The molecular formula is C14H17BrN2O2S. The first kappa shape index (κ1) is 15.3. The average molecular weight is 357 g/mol. The second kappa shape index (κ2) is 6.54. The van der Waals surface area contributed by atoms with Gasteiger partial charge in [0, 0.05) is 11.6 Å². The third-order valence-electron chi connectivity index (χ3n) is 3.55. The Morgan fingerprint density at radius 2 is 2.10 bits per heavy atom. The van der Waals surface area contributed by atoms with Crippen LogP contribution in [-0.2, 0) is 0 Å².